The molecule has 2 fully saturated rings. The highest BCUT2D eigenvalue weighted by Gasteiger charge is 2.30. The highest BCUT2D eigenvalue weighted by Crippen LogP contribution is 2.26. The fourth-order valence-corrected chi connectivity index (χ4v) is 5.30. The van der Waals surface area contributed by atoms with Crippen LogP contribution in [0.5, 0.6) is 11.5 Å². The first-order valence-electron chi connectivity index (χ1n) is 13.0. The Labute approximate surface area is 220 Å². The number of hydrogen-bond acceptors (Lipinski definition) is 5. The topological polar surface area (TPSA) is 91.0 Å². The van der Waals surface area contributed by atoms with E-state index in [4.69, 9.17) is 4.74 Å². The van der Waals surface area contributed by atoms with Gasteiger partial charge >= 0.3 is 6.03 Å². The maximum atomic E-state index is 12.9. The summed E-state index contributed by atoms with van der Waals surface area (Å²) in [6.07, 6.45) is 9.19. The largest absolute Gasteiger partial charge is 0.457 e. The van der Waals surface area contributed by atoms with Gasteiger partial charge in [-0.1, -0.05) is 18.2 Å². The molecule has 2 aromatic carbocycles. The number of sulfonamides is 1. The van der Waals surface area contributed by atoms with E-state index in [9.17, 15) is 13.2 Å². The van der Waals surface area contributed by atoms with Gasteiger partial charge in [-0.15, -0.1) is 6.58 Å². The summed E-state index contributed by atoms with van der Waals surface area (Å²) in [5.41, 5.74) is 1.71. The number of rotatable bonds is 11. The highest BCUT2D eigenvalue weighted by molar-refractivity contribution is 7.92. The van der Waals surface area contributed by atoms with Gasteiger partial charge < -0.3 is 15.0 Å². The third kappa shape index (κ3) is 8.23. The van der Waals surface area contributed by atoms with Crippen molar-refractivity contribution in [3.05, 3.63) is 66.7 Å². The lowest BCUT2D eigenvalue weighted by Crippen LogP contribution is -2.53. The van der Waals surface area contributed by atoms with E-state index in [-0.39, 0.29) is 12.1 Å². The number of piperidine rings is 1. The smallest absolute Gasteiger partial charge is 0.317 e. The van der Waals surface area contributed by atoms with Gasteiger partial charge in [-0.05, 0) is 80.5 Å². The van der Waals surface area contributed by atoms with Crippen molar-refractivity contribution < 1.29 is 17.9 Å². The Morgan fingerprint density at radius 2 is 1.68 bits per heavy atom. The Morgan fingerprint density at radius 1 is 1.05 bits per heavy atom. The fourth-order valence-electron chi connectivity index (χ4n) is 4.73. The number of carbonyl (C=O) groups is 1. The second-order valence-corrected chi connectivity index (χ2v) is 11.7. The minimum atomic E-state index is -3.30. The quantitative estimate of drug-likeness (QED) is 0.404. The van der Waals surface area contributed by atoms with Crippen molar-refractivity contribution >= 4 is 21.7 Å². The van der Waals surface area contributed by atoms with Crippen LogP contribution in [0.15, 0.2) is 61.2 Å². The summed E-state index contributed by atoms with van der Waals surface area (Å²) in [5, 5.41) is 3.28. The summed E-state index contributed by atoms with van der Waals surface area (Å²) >= 11 is 0. The molecule has 0 aromatic heterocycles. The summed E-state index contributed by atoms with van der Waals surface area (Å²) in [6.45, 7) is 7.32. The van der Waals surface area contributed by atoms with Crippen LogP contribution in [0.25, 0.3) is 0 Å². The second-order valence-electron chi connectivity index (χ2n) is 10.0. The summed E-state index contributed by atoms with van der Waals surface area (Å²) in [5.74, 6) is 1.36. The van der Waals surface area contributed by atoms with Crippen LogP contribution in [-0.4, -0.2) is 62.2 Å². The van der Waals surface area contributed by atoms with Crippen molar-refractivity contribution in [3.8, 4) is 11.5 Å². The van der Waals surface area contributed by atoms with Gasteiger partial charge in [0, 0.05) is 44.0 Å². The molecule has 37 heavy (non-hydrogen) atoms. The molecule has 0 spiro atoms. The Kier molecular flexibility index (Phi) is 9.10. The lowest BCUT2D eigenvalue weighted by molar-refractivity contribution is 0.129. The molecule has 9 heteroatoms. The van der Waals surface area contributed by atoms with Crippen molar-refractivity contribution in [2.45, 2.75) is 57.2 Å². The molecule has 4 rings (SSSR count). The summed E-state index contributed by atoms with van der Waals surface area (Å²) in [6, 6.07) is 15.5. The van der Waals surface area contributed by atoms with Crippen molar-refractivity contribution in [3.63, 3.8) is 0 Å². The van der Waals surface area contributed by atoms with Gasteiger partial charge in [-0.2, -0.15) is 0 Å². The number of urea groups is 1. The number of hydrogen-bond donors (Lipinski definition) is 2. The standard InChI is InChI=1S/C28H38N4O4S/c1-3-4-18-32(25-6-5-7-25)28(33)29-23-16-19-31(20-17-23)21-22-8-12-26(13-9-22)36-27-14-10-24(11-15-27)30-37(2,34)35/h3,8-15,23,25,30H,1,4-7,16-21H2,2H3,(H,29,33). The molecule has 200 valence electrons. The summed E-state index contributed by atoms with van der Waals surface area (Å²) in [4.78, 5) is 17.3. The molecule has 2 aromatic rings. The second kappa shape index (κ2) is 12.5. The SMILES string of the molecule is C=CCCN(C(=O)NC1CCN(Cc2ccc(Oc3ccc(NS(C)(=O)=O)cc3)cc2)CC1)C1CCC1. The number of anilines is 1. The molecule has 1 aliphatic carbocycles. The number of amides is 2. The van der Waals surface area contributed by atoms with E-state index >= 15 is 0 Å². The zero-order chi connectivity index (χ0) is 26.3. The van der Waals surface area contributed by atoms with E-state index in [2.05, 4.69) is 33.7 Å². The molecule has 2 aliphatic rings. The molecular weight excluding hydrogens is 488 g/mol. The first kappa shape index (κ1) is 27.0. The molecule has 1 heterocycles. The van der Waals surface area contributed by atoms with E-state index in [1.54, 1.807) is 24.3 Å². The number of nitrogens with one attached hydrogen (secondary N) is 2. The monoisotopic (exact) mass is 526 g/mol. The van der Waals surface area contributed by atoms with Gasteiger partial charge in [0.25, 0.3) is 0 Å². The molecule has 2 N–H and O–H groups in total. The van der Waals surface area contributed by atoms with Crippen LogP contribution in [0, 0.1) is 0 Å². The van der Waals surface area contributed by atoms with Gasteiger partial charge in [-0.3, -0.25) is 9.62 Å². The van der Waals surface area contributed by atoms with Crippen molar-refractivity contribution in [2.75, 3.05) is 30.6 Å². The number of nitrogens with zero attached hydrogens (tertiary/aromatic N) is 2. The fraction of sp³-hybridized carbons (Fsp3) is 0.464. The van der Waals surface area contributed by atoms with Gasteiger partial charge in [0.1, 0.15) is 11.5 Å². The van der Waals surface area contributed by atoms with Crippen LogP contribution in [0.4, 0.5) is 10.5 Å². The van der Waals surface area contributed by atoms with Crippen LogP contribution in [0.3, 0.4) is 0 Å². The zero-order valence-electron chi connectivity index (χ0n) is 21.6. The van der Waals surface area contributed by atoms with Crippen LogP contribution in [0.1, 0.15) is 44.1 Å². The Balaban J connectivity index is 1.21. The van der Waals surface area contributed by atoms with Crippen LogP contribution in [0.2, 0.25) is 0 Å². The van der Waals surface area contributed by atoms with Crippen molar-refractivity contribution in [2.24, 2.45) is 0 Å². The van der Waals surface area contributed by atoms with E-state index in [1.807, 2.05) is 23.1 Å². The molecule has 0 unspecified atom stereocenters. The minimum absolute atomic E-state index is 0.0851. The lowest BCUT2D eigenvalue weighted by Gasteiger charge is -2.39. The maximum Gasteiger partial charge on any atom is 0.317 e. The predicted molar refractivity (Wildman–Crippen MR) is 147 cm³/mol. The number of likely N-dealkylation sites (tertiary alicyclic amines) is 1. The zero-order valence-corrected chi connectivity index (χ0v) is 22.4. The molecule has 1 saturated carbocycles. The van der Waals surface area contributed by atoms with Gasteiger partial charge in [-0.25, -0.2) is 13.2 Å². The normalized spacial score (nSPS) is 17.0. The molecule has 0 bridgehead atoms. The van der Waals surface area contributed by atoms with Gasteiger partial charge in [0.2, 0.25) is 10.0 Å². The average Bonchev–Trinajstić information content (AvgIpc) is 2.83. The van der Waals surface area contributed by atoms with Crippen LogP contribution >= 0.6 is 0 Å². The van der Waals surface area contributed by atoms with E-state index in [1.165, 1.54) is 12.0 Å². The van der Waals surface area contributed by atoms with Crippen LogP contribution < -0.4 is 14.8 Å². The first-order chi connectivity index (χ1) is 17.8. The molecule has 0 atom stereocenters. The number of carbonyl (C=O) groups excluding carboxylic acids is 1. The minimum Gasteiger partial charge on any atom is -0.457 e. The third-order valence-corrected chi connectivity index (χ3v) is 7.59. The van der Waals surface area contributed by atoms with Crippen LogP contribution in [-0.2, 0) is 16.6 Å². The van der Waals surface area contributed by atoms with Gasteiger partial charge in [0.05, 0.1) is 6.26 Å². The van der Waals surface area contributed by atoms with E-state index < -0.39 is 10.0 Å². The summed E-state index contributed by atoms with van der Waals surface area (Å²) in [7, 11) is -3.30. The Morgan fingerprint density at radius 3 is 2.22 bits per heavy atom. The lowest BCUT2D eigenvalue weighted by atomic mass is 9.91. The molecule has 1 saturated heterocycles. The van der Waals surface area contributed by atoms with Gasteiger partial charge in [0.15, 0.2) is 0 Å². The average molecular weight is 527 g/mol. The van der Waals surface area contributed by atoms with E-state index in [0.29, 0.717) is 17.5 Å². The molecule has 0 radical (unpaired) electrons. The first-order valence-corrected chi connectivity index (χ1v) is 14.9. The van der Waals surface area contributed by atoms with Crippen molar-refractivity contribution in [1.82, 2.24) is 15.1 Å². The third-order valence-electron chi connectivity index (χ3n) is 6.99. The number of benzene rings is 2. The molecule has 8 nitrogen and oxygen atoms in total. The van der Waals surface area contributed by atoms with E-state index in [0.717, 1.165) is 70.3 Å². The molecule has 2 amide bonds. The summed E-state index contributed by atoms with van der Waals surface area (Å²) < 4.78 is 31.0. The highest BCUT2D eigenvalue weighted by atomic mass is 32.2. The Hall–Kier alpha value is -3.04. The van der Waals surface area contributed by atoms with Crippen molar-refractivity contribution in [1.29, 1.82) is 0 Å². The maximum absolute atomic E-state index is 12.9. The Bertz CT molecular complexity index is 1140. The number of ether oxygens (including phenoxy) is 1. The molecular formula is C28H38N4O4S. The predicted octanol–water partition coefficient (Wildman–Crippen LogP) is 4.96. The molecule has 1 aliphatic heterocycles.